The Bertz CT molecular complexity index is 1180. The van der Waals surface area contributed by atoms with Gasteiger partial charge in [0.25, 0.3) is 0 Å². The molecule has 0 unspecified atom stereocenters. The van der Waals surface area contributed by atoms with Crippen molar-refractivity contribution in [2.24, 2.45) is 0 Å². The van der Waals surface area contributed by atoms with Gasteiger partial charge in [-0.05, 0) is 60.1 Å². The molecule has 0 saturated carbocycles. The number of alkyl halides is 9. The number of hydrogen-bond acceptors (Lipinski definition) is 4. The summed E-state index contributed by atoms with van der Waals surface area (Å²) < 4.78 is 135. The molecule has 0 bridgehead atoms. The van der Waals surface area contributed by atoms with Crippen LogP contribution in [0.1, 0.15) is 39.0 Å². The van der Waals surface area contributed by atoms with E-state index in [0.29, 0.717) is 10.9 Å². The predicted molar refractivity (Wildman–Crippen MR) is 129 cm³/mol. The molecular formula is C23H25F9O3S3. The van der Waals surface area contributed by atoms with E-state index in [4.69, 9.17) is 0 Å². The summed E-state index contributed by atoms with van der Waals surface area (Å²) in [4.78, 5) is 3.01. The van der Waals surface area contributed by atoms with Crippen molar-refractivity contribution in [3.8, 4) is 0 Å². The van der Waals surface area contributed by atoms with Gasteiger partial charge in [-0.1, -0.05) is 25.8 Å². The third kappa shape index (κ3) is 7.25. The molecule has 0 spiro atoms. The zero-order valence-electron chi connectivity index (χ0n) is 20.0. The molecule has 0 aliphatic carbocycles. The fourth-order valence-corrected chi connectivity index (χ4v) is 7.16. The van der Waals surface area contributed by atoms with Crippen LogP contribution in [0.3, 0.4) is 0 Å². The monoisotopic (exact) mass is 616 g/mol. The highest BCUT2D eigenvalue weighted by molar-refractivity contribution is 7.99. The maximum atomic E-state index is 12.2. The maximum absolute atomic E-state index is 12.2. The lowest BCUT2D eigenvalue weighted by Crippen LogP contribution is -2.63. The molecule has 1 saturated heterocycles. The van der Waals surface area contributed by atoms with Gasteiger partial charge in [-0.15, -0.1) is 11.8 Å². The molecule has 15 heteroatoms. The van der Waals surface area contributed by atoms with E-state index in [1.54, 1.807) is 4.90 Å². The summed E-state index contributed by atoms with van der Waals surface area (Å²) in [7, 11) is -6.88. The Morgan fingerprint density at radius 3 is 1.92 bits per heavy atom. The SMILES string of the molecule is CCCCCSc1ccc2cc([S+]3CCCC3)ccc2c1.O=S(=O)([O-])C(F)(F)C(F)(F)C(F)(F)C(F)(F)F. The highest BCUT2D eigenvalue weighted by atomic mass is 32.2. The number of halogens is 9. The average molecular weight is 617 g/mol. The molecule has 3 nitrogen and oxygen atoms in total. The highest BCUT2D eigenvalue weighted by Gasteiger charge is 2.83. The second-order valence-corrected chi connectivity index (χ2v) is 13.3. The third-order valence-corrected chi connectivity index (χ3v) is 10.0. The Kier molecular flexibility index (Phi) is 10.8. The molecule has 1 aliphatic rings. The van der Waals surface area contributed by atoms with Gasteiger partial charge in [0.1, 0.15) is 11.5 Å². The van der Waals surface area contributed by atoms with Gasteiger partial charge in [-0.2, -0.15) is 39.5 Å². The number of rotatable bonds is 9. The van der Waals surface area contributed by atoms with Gasteiger partial charge in [-0.3, -0.25) is 0 Å². The van der Waals surface area contributed by atoms with E-state index >= 15 is 0 Å². The van der Waals surface area contributed by atoms with Crippen LogP contribution in [0.25, 0.3) is 10.8 Å². The van der Waals surface area contributed by atoms with Crippen LogP contribution in [0.5, 0.6) is 0 Å². The van der Waals surface area contributed by atoms with Crippen LogP contribution in [0.4, 0.5) is 39.5 Å². The van der Waals surface area contributed by atoms with Crippen LogP contribution in [-0.2, 0) is 21.0 Å². The average Bonchev–Trinajstić information content (AvgIpc) is 3.35. The summed E-state index contributed by atoms with van der Waals surface area (Å²) in [5.41, 5.74) is 0. The van der Waals surface area contributed by atoms with E-state index in [9.17, 15) is 52.5 Å². The van der Waals surface area contributed by atoms with Crippen molar-refractivity contribution in [2.75, 3.05) is 17.3 Å². The number of fused-ring (bicyclic) bond motifs is 1. The molecule has 3 rings (SSSR count). The minimum absolute atomic E-state index is 0.536. The van der Waals surface area contributed by atoms with Gasteiger partial charge in [0.15, 0.2) is 15.0 Å². The van der Waals surface area contributed by atoms with E-state index in [2.05, 4.69) is 43.3 Å². The Hall–Kier alpha value is -1.32. The lowest BCUT2D eigenvalue weighted by atomic mass is 10.1. The standard InChI is InChI=1S/C19H25S2.C4HF9O3S/c1-2-3-4-11-20-18-9-7-17-15-19(10-8-16(17)14-18)21-12-5-6-13-21;5-1(6,3(9,10)11)2(7,8)4(12,13)17(14,15)16/h7-10,14-15H,2-6,11-13H2,1H3;(H,14,15,16)/q+1;/p-1. The highest BCUT2D eigenvalue weighted by Crippen LogP contribution is 2.54. The minimum atomic E-state index is -7.43. The van der Waals surface area contributed by atoms with E-state index < -0.39 is 33.4 Å². The van der Waals surface area contributed by atoms with E-state index in [0.717, 1.165) is 0 Å². The van der Waals surface area contributed by atoms with Crippen molar-refractivity contribution in [3.05, 3.63) is 36.4 Å². The van der Waals surface area contributed by atoms with Gasteiger partial charge in [0, 0.05) is 21.9 Å². The molecule has 0 aromatic heterocycles. The van der Waals surface area contributed by atoms with Crippen LogP contribution in [-0.4, -0.2) is 53.5 Å². The summed E-state index contributed by atoms with van der Waals surface area (Å²) in [5.74, 6) is -10.7. The Morgan fingerprint density at radius 2 is 1.39 bits per heavy atom. The Labute approximate surface area is 221 Å². The van der Waals surface area contributed by atoms with Crippen LogP contribution in [0, 0.1) is 0 Å². The third-order valence-electron chi connectivity index (χ3n) is 5.59. The minimum Gasteiger partial charge on any atom is -0.743 e. The van der Waals surface area contributed by atoms with Gasteiger partial charge < -0.3 is 4.55 Å². The zero-order valence-corrected chi connectivity index (χ0v) is 22.4. The zero-order chi connectivity index (χ0) is 29.0. The lowest BCUT2D eigenvalue weighted by Gasteiger charge is -2.34. The molecule has 1 heterocycles. The van der Waals surface area contributed by atoms with E-state index in [1.807, 2.05) is 11.8 Å². The molecule has 0 radical (unpaired) electrons. The molecular weight excluding hydrogens is 591 g/mol. The Morgan fingerprint density at radius 1 is 0.842 bits per heavy atom. The lowest BCUT2D eigenvalue weighted by molar-refractivity contribution is -0.382. The summed E-state index contributed by atoms with van der Waals surface area (Å²) in [6.07, 6.45) is -0.316. The first-order chi connectivity index (χ1) is 17.4. The smallest absolute Gasteiger partial charge is 0.460 e. The van der Waals surface area contributed by atoms with Gasteiger partial charge in [0.2, 0.25) is 0 Å². The molecule has 38 heavy (non-hydrogen) atoms. The Balaban J connectivity index is 0.000000275. The first-order valence-electron chi connectivity index (χ1n) is 11.4. The van der Waals surface area contributed by atoms with Crippen LogP contribution in [0.2, 0.25) is 0 Å². The molecule has 1 fully saturated rings. The van der Waals surface area contributed by atoms with Crippen molar-refractivity contribution in [3.63, 3.8) is 0 Å². The van der Waals surface area contributed by atoms with Gasteiger partial charge in [-0.25, -0.2) is 8.42 Å². The normalized spacial score (nSPS) is 16.0. The summed E-state index contributed by atoms with van der Waals surface area (Å²) in [5, 5.41) is -4.29. The largest absolute Gasteiger partial charge is 0.743 e. The van der Waals surface area contributed by atoms with Gasteiger partial charge >= 0.3 is 23.3 Å². The second-order valence-electron chi connectivity index (χ2n) is 8.45. The number of benzene rings is 2. The van der Waals surface area contributed by atoms with E-state index in [1.165, 1.54) is 65.0 Å². The summed E-state index contributed by atoms with van der Waals surface area (Å²) in [6.45, 7) is 2.27. The summed E-state index contributed by atoms with van der Waals surface area (Å²) in [6, 6.07) is 14.2. The topological polar surface area (TPSA) is 57.2 Å². The molecule has 2 aromatic rings. The van der Waals surface area contributed by atoms with Crippen LogP contribution in [0.15, 0.2) is 46.2 Å². The summed E-state index contributed by atoms with van der Waals surface area (Å²) >= 11 is 2.01. The van der Waals surface area contributed by atoms with Crippen LogP contribution >= 0.6 is 11.8 Å². The second kappa shape index (κ2) is 12.5. The molecule has 0 atom stereocenters. The maximum Gasteiger partial charge on any atom is 0.460 e. The number of hydrogen-bond donors (Lipinski definition) is 0. The van der Waals surface area contributed by atoms with Gasteiger partial charge in [0.05, 0.1) is 0 Å². The number of thioether (sulfide) groups is 1. The van der Waals surface area contributed by atoms with Crippen molar-refractivity contribution in [1.82, 2.24) is 0 Å². The van der Waals surface area contributed by atoms with Crippen molar-refractivity contribution < 1.29 is 52.5 Å². The fourth-order valence-electron chi connectivity index (χ4n) is 3.42. The molecule has 0 N–H and O–H groups in total. The number of unbranched alkanes of at least 4 members (excludes halogenated alkanes) is 2. The predicted octanol–water partition coefficient (Wildman–Crippen LogP) is 7.85. The van der Waals surface area contributed by atoms with Crippen molar-refractivity contribution in [1.29, 1.82) is 0 Å². The quantitative estimate of drug-likeness (QED) is 0.0947. The van der Waals surface area contributed by atoms with E-state index in [-0.39, 0.29) is 0 Å². The van der Waals surface area contributed by atoms with Crippen LogP contribution < -0.4 is 0 Å². The molecule has 1 aliphatic heterocycles. The van der Waals surface area contributed by atoms with Crippen molar-refractivity contribution >= 4 is 43.5 Å². The van der Waals surface area contributed by atoms with Crippen molar-refractivity contribution in [2.45, 2.75) is 72.1 Å². The molecule has 216 valence electrons. The first kappa shape index (κ1) is 32.9. The molecule has 0 amide bonds. The fraction of sp³-hybridized carbons (Fsp3) is 0.565. The molecule has 2 aromatic carbocycles. The first-order valence-corrected chi connectivity index (χ1v) is 15.3.